The van der Waals surface area contributed by atoms with E-state index in [1.165, 1.54) is 0 Å². The fourth-order valence-electron chi connectivity index (χ4n) is 1.54. The number of halogens is 1. The lowest BCUT2D eigenvalue weighted by Gasteiger charge is -2.33. The fraction of sp³-hybridized carbons (Fsp3) is 0.556. The van der Waals surface area contributed by atoms with E-state index in [1.54, 1.807) is 12.4 Å². The summed E-state index contributed by atoms with van der Waals surface area (Å²) in [4.78, 5) is 12.7. The van der Waals surface area contributed by atoms with Crippen LogP contribution in [0.3, 0.4) is 0 Å². The van der Waals surface area contributed by atoms with Crippen molar-refractivity contribution in [2.45, 2.75) is 0 Å². The first-order valence-corrected chi connectivity index (χ1v) is 5.05. The summed E-state index contributed by atoms with van der Waals surface area (Å²) >= 11 is 5.97. The Morgan fingerprint density at radius 3 is 2.43 bits per heavy atom. The van der Waals surface area contributed by atoms with E-state index in [-0.39, 0.29) is 0 Å². The molecule has 5 heteroatoms. The Bertz CT molecular complexity index is 309. The van der Waals surface area contributed by atoms with E-state index < -0.39 is 0 Å². The third kappa shape index (κ3) is 1.96. The van der Waals surface area contributed by atoms with Crippen molar-refractivity contribution in [1.29, 1.82) is 0 Å². The summed E-state index contributed by atoms with van der Waals surface area (Å²) in [6, 6.07) is 0. The van der Waals surface area contributed by atoms with Crippen molar-refractivity contribution in [3.63, 3.8) is 0 Å². The zero-order chi connectivity index (χ0) is 9.97. The van der Waals surface area contributed by atoms with Crippen LogP contribution >= 0.6 is 11.6 Å². The van der Waals surface area contributed by atoms with E-state index in [0.29, 0.717) is 5.15 Å². The van der Waals surface area contributed by atoms with Crippen LogP contribution in [0.25, 0.3) is 0 Å². The van der Waals surface area contributed by atoms with E-state index >= 15 is 0 Å². The minimum Gasteiger partial charge on any atom is -0.351 e. The van der Waals surface area contributed by atoms with E-state index in [1.807, 2.05) is 0 Å². The van der Waals surface area contributed by atoms with E-state index in [0.717, 1.165) is 32.0 Å². The van der Waals surface area contributed by atoms with Gasteiger partial charge in [0, 0.05) is 38.6 Å². The van der Waals surface area contributed by atoms with Crippen LogP contribution in [-0.2, 0) is 0 Å². The van der Waals surface area contributed by atoms with Crippen LogP contribution in [0.1, 0.15) is 0 Å². The van der Waals surface area contributed by atoms with Crippen LogP contribution in [0, 0.1) is 0 Å². The smallest absolute Gasteiger partial charge is 0.171 e. The van der Waals surface area contributed by atoms with Gasteiger partial charge in [-0.25, -0.2) is 9.97 Å². The molecule has 0 radical (unpaired) electrons. The maximum absolute atomic E-state index is 5.97. The van der Waals surface area contributed by atoms with Crippen molar-refractivity contribution in [3.05, 3.63) is 17.5 Å². The molecule has 1 aliphatic heterocycles. The number of likely N-dealkylation sites (N-methyl/N-ethyl adjacent to an activating group) is 1. The molecule has 1 aliphatic rings. The maximum atomic E-state index is 5.97. The average molecular weight is 213 g/mol. The van der Waals surface area contributed by atoms with Crippen LogP contribution in [0.15, 0.2) is 12.4 Å². The Kier molecular flexibility index (Phi) is 2.84. The topological polar surface area (TPSA) is 32.3 Å². The molecule has 0 unspecified atom stereocenters. The summed E-state index contributed by atoms with van der Waals surface area (Å²) in [6.07, 6.45) is 3.29. The summed E-state index contributed by atoms with van der Waals surface area (Å²) in [5.41, 5.74) is 0. The molecule has 0 bridgehead atoms. The van der Waals surface area contributed by atoms with Gasteiger partial charge in [-0.2, -0.15) is 0 Å². The van der Waals surface area contributed by atoms with Gasteiger partial charge in [-0.05, 0) is 7.05 Å². The lowest BCUT2D eigenvalue weighted by atomic mass is 10.3. The maximum Gasteiger partial charge on any atom is 0.171 e. The highest BCUT2D eigenvalue weighted by Gasteiger charge is 2.17. The quantitative estimate of drug-likeness (QED) is 0.692. The van der Waals surface area contributed by atoms with Gasteiger partial charge in [0.1, 0.15) is 0 Å². The van der Waals surface area contributed by atoms with Crippen molar-refractivity contribution in [1.82, 2.24) is 14.9 Å². The Balaban J connectivity index is 2.12. The SMILES string of the molecule is CN1CCN(c2nccnc2Cl)CC1. The minimum atomic E-state index is 0.497. The molecule has 1 saturated heterocycles. The molecule has 0 amide bonds. The number of nitrogens with zero attached hydrogens (tertiary/aromatic N) is 4. The van der Waals surface area contributed by atoms with Crippen LogP contribution in [0.2, 0.25) is 5.15 Å². The predicted molar refractivity (Wildman–Crippen MR) is 56.8 cm³/mol. The number of piperazine rings is 1. The molecule has 0 saturated carbocycles. The largest absolute Gasteiger partial charge is 0.351 e. The highest BCUT2D eigenvalue weighted by atomic mass is 35.5. The monoisotopic (exact) mass is 212 g/mol. The number of anilines is 1. The predicted octanol–water partition coefficient (Wildman–Crippen LogP) is 0.882. The molecule has 1 aromatic rings. The lowest BCUT2D eigenvalue weighted by molar-refractivity contribution is 0.312. The van der Waals surface area contributed by atoms with Crippen LogP contribution in [-0.4, -0.2) is 48.1 Å². The third-order valence-electron chi connectivity index (χ3n) is 2.44. The molecule has 2 heterocycles. The van der Waals surface area contributed by atoms with Gasteiger partial charge in [-0.3, -0.25) is 0 Å². The van der Waals surface area contributed by atoms with E-state index in [2.05, 4.69) is 26.8 Å². The minimum absolute atomic E-state index is 0.497. The Hall–Kier alpha value is -0.870. The first-order chi connectivity index (χ1) is 6.77. The highest BCUT2D eigenvalue weighted by Crippen LogP contribution is 2.20. The second kappa shape index (κ2) is 4.11. The molecular weight excluding hydrogens is 200 g/mol. The Morgan fingerprint density at radius 1 is 1.14 bits per heavy atom. The van der Waals surface area contributed by atoms with Gasteiger partial charge < -0.3 is 9.80 Å². The van der Waals surface area contributed by atoms with Crippen molar-refractivity contribution in [2.75, 3.05) is 38.1 Å². The Morgan fingerprint density at radius 2 is 1.79 bits per heavy atom. The standard InChI is InChI=1S/C9H13ClN4/c1-13-4-6-14(7-5-13)9-8(10)11-2-3-12-9/h2-3H,4-7H2,1H3. The van der Waals surface area contributed by atoms with Gasteiger partial charge in [-0.1, -0.05) is 11.6 Å². The molecule has 76 valence electrons. The van der Waals surface area contributed by atoms with Gasteiger partial charge in [-0.15, -0.1) is 0 Å². The molecule has 4 nitrogen and oxygen atoms in total. The van der Waals surface area contributed by atoms with E-state index in [9.17, 15) is 0 Å². The molecule has 1 fully saturated rings. The molecular formula is C9H13ClN4. The van der Waals surface area contributed by atoms with Crippen molar-refractivity contribution < 1.29 is 0 Å². The number of hydrogen-bond acceptors (Lipinski definition) is 4. The first-order valence-electron chi connectivity index (χ1n) is 4.67. The van der Waals surface area contributed by atoms with Crippen molar-refractivity contribution in [2.24, 2.45) is 0 Å². The van der Waals surface area contributed by atoms with Crippen molar-refractivity contribution >= 4 is 17.4 Å². The molecule has 2 rings (SSSR count). The summed E-state index contributed by atoms with van der Waals surface area (Å²) in [5.74, 6) is 0.808. The second-order valence-corrected chi connectivity index (χ2v) is 3.82. The highest BCUT2D eigenvalue weighted by molar-refractivity contribution is 6.31. The number of rotatable bonds is 1. The number of hydrogen-bond donors (Lipinski definition) is 0. The summed E-state index contributed by atoms with van der Waals surface area (Å²) in [5, 5.41) is 0.497. The van der Waals surface area contributed by atoms with Gasteiger partial charge in [0.15, 0.2) is 11.0 Å². The van der Waals surface area contributed by atoms with Crippen molar-refractivity contribution in [3.8, 4) is 0 Å². The molecule has 0 spiro atoms. The fourth-order valence-corrected chi connectivity index (χ4v) is 1.77. The normalized spacial score (nSPS) is 18.6. The summed E-state index contributed by atoms with van der Waals surface area (Å²) in [7, 11) is 2.12. The molecule has 0 N–H and O–H groups in total. The molecule has 14 heavy (non-hydrogen) atoms. The second-order valence-electron chi connectivity index (χ2n) is 3.46. The molecule has 0 atom stereocenters. The van der Waals surface area contributed by atoms with E-state index in [4.69, 9.17) is 11.6 Å². The Labute approximate surface area is 88.5 Å². The van der Waals surface area contributed by atoms with Gasteiger partial charge >= 0.3 is 0 Å². The summed E-state index contributed by atoms with van der Waals surface area (Å²) < 4.78 is 0. The lowest BCUT2D eigenvalue weighted by Crippen LogP contribution is -2.45. The van der Waals surface area contributed by atoms with Gasteiger partial charge in [0.2, 0.25) is 0 Å². The van der Waals surface area contributed by atoms with Crippen LogP contribution < -0.4 is 4.90 Å². The van der Waals surface area contributed by atoms with Gasteiger partial charge in [0.25, 0.3) is 0 Å². The first kappa shape index (κ1) is 9.68. The molecule has 0 aromatic carbocycles. The molecule has 0 aliphatic carbocycles. The van der Waals surface area contributed by atoms with Crippen LogP contribution in [0.4, 0.5) is 5.82 Å². The molecule has 1 aromatic heterocycles. The summed E-state index contributed by atoms with van der Waals surface area (Å²) in [6.45, 7) is 4.03. The zero-order valence-electron chi connectivity index (χ0n) is 8.15. The van der Waals surface area contributed by atoms with Crippen LogP contribution in [0.5, 0.6) is 0 Å². The third-order valence-corrected chi connectivity index (χ3v) is 2.71. The number of aromatic nitrogens is 2. The van der Waals surface area contributed by atoms with Gasteiger partial charge in [0.05, 0.1) is 0 Å². The average Bonchev–Trinajstić information content (AvgIpc) is 2.20. The zero-order valence-corrected chi connectivity index (χ0v) is 8.91.